The van der Waals surface area contributed by atoms with Crippen LogP contribution in [-0.2, 0) is 0 Å². The molecule has 0 unspecified atom stereocenters. The second-order valence-corrected chi connectivity index (χ2v) is 13.8. The number of thiophene rings is 1. The van der Waals surface area contributed by atoms with E-state index in [4.69, 9.17) is 4.42 Å². The first-order valence-corrected chi connectivity index (χ1v) is 17.2. The van der Waals surface area contributed by atoms with Crippen LogP contribution in [0, 0.1) is 0 Å². The molecular formula is C46H26OS. The number of rotatable bonds is 2. The predicted molar refractivity (Wildman–Crippen MR) is 208 cm³/mol. The summed E-state index contributed by atoms with van der Waals surface area (Å²) in [5.74, 6) is 0. The van der Waals surface area contributed by atoms with Crippen LogP contribution in [0.4, 0.5) is 0 Å². The van der Waals surface area contributed by atoms with E-state index in [0.717, 1.165) is 22.1 Å². The molecule has 11 aromatic rings. The fraction of sp³-hybridized carbons (Fsp3) is 0. The van der Waals surface area contributed by atoms with Crippen LogP contribution in [0.2, 0.25) is 0 Å². The van der Waals surface area contributed by atoms with Crippen molar-refractivity contribution in [2.45, 2.75) is 0 Å². The maximum atomic E-state index is 6.72. The topological polar surface area (TPSA) is 13.1 Å². The van der Waals surface area contributed by atoms with Gasteiger partial charge in [0.05, 0.1) is 0 Å². The third-order valence-corrected chi connectivity index (χ3v) is 11.4. The Balaban J connectivity index is 1.21. The van der Waals surface area contributed by atoms with E-state index in [1.807, 2.05) is 11.3 Å². The minimum absolute atomic E-state index is 0.916. The lowest BCUT2D eigenvalue weighted by Crippen LogP contribution is -1.91. The van der Waals surface area contributed by atoms with E-state index in [0.29, 0.717) is 0 Å². The van der Waals surface area contributed by atoms with Gasteiger partial charge in [-0.3, -0.25) is 0 Å². The van der Waals surface area contributed by atoms with Crippen molar-refractivity contribution >= 4 is 96.5 Å². The summed E-state index contributed by atoms with van der Waals surface area (Å²) in [4.78, 5) is 0. The average Bonchev–Trinajstić information content (AvgIpc) is 3.72. The molecule has 0 spiro atoms. The van der Waals surface area contributed by atoms with E-state index < -0.39 is 0 Å². The highest BCUT2D eigenvalue weighted by Crippen LogP contribution is 2.47. The van der Waals surface area contributed by atoms with Gasteiger partial charge < -0.3 is 4.42 Å². The molecule has 0 bridgehead atoms. The van der Waals surface area contributed by atoms with Gasteiger partial charge in [-0.15, -0.1) is 11.3 Å². The van der Waals surface area contributed by atoms with E-state index in [9.17, 15) is 0 Å². The monoisotopic (exact) mass is 626 g/mol. The Morgan fingerprint density at radius 3 is 1.79 bits per heavy atom. The lowest BCUT2D eigenvalue weighted by Gasteiger charge is -2.18. The van der Waals surface area contributed by atoms with Crippen molar-refractivity contribution < 1.29 is 4.42 Å². The first-order chi connectivity index (χ1) is 23.8. The molecule has 0 radical (unpaired) electrons. The highest BCUT2D eigenvalue weighted by Gasteiger charge is 2.20. The van der Waals surface area contributed by atoms with Crippen molar-refractivity contribution in [2.75, 3.05) is 0 Å². The van der Waals surface area contributed by atoms with Gasteiger partial charge in [0.1, 0.15) is 11.2 Å². The van der Waals surface area contributed by atoms with Crippen LogP contribution in [-0.4, -0.2) is 0 Å². The Morgan fingerprint density at radius 1 is 0.375 bits per heavy atom. The molecule has 0 aliphatic carbocycles. The maximum absolute atomic E-state index is 6.72. The van der Waals surface area contributed by atoms with Crippen molar-refractivity contribution in [1.82, 2.24) is 0 Å². The molecule has 11 rings (SSSR count). The Kier molecular flexibility index (Phi) is 5.32. The summed E-state index contributed by atoms with van der Waals surface area (Å²) < 4.78 is 9.36. The Bertz CT molecular complexity index is 3060. The fourth-order valence-electron chi connectivity index (χ4n) is 8.19. The van der Waals surface area contributed by atoms with E-state index >= 15 is 0 Å². The smallest absolute Gasteiger partial charge is 0.136 e. The molecule has 1 nitrogen and oxygen atoms in total. The molecule has 2 heteroatoms. The lowest BCUT2D eigenvalue weighted by atomic mass is 9.84. The molecule has 48 heavy (non-hydrogen) atoms. The molecule has 0 aliphatic heterocycles. The molecular weight excluding hydrogens is 601 g/mol. The molecule has 0 atom stereocenters. The number of furan rings is 1. The van der Waals surface area contributed by atoms with Crippen LogP contribution < -0.4 is 0 Å². The summed E-state index contributed by atoms with van der Waals surface area (Å²) in [6.07, 6.45) is 0. The Labute approximate surface area is 279 Å². The van der Waals surface area contributed by atoms with Crippen molar-refractivity contribution in [2.24, 2.45) is 0 Å². The van der Waals surface area contributed by atoms with Crippen LogP contribution in [0.1, 0.15) is 0 Å². The largest absolute Gasteiger partial charge is 0.456 e. The van der Waals surface area contributed by atoms with Crippen LogP contribution in [0.15, 0.2) is 162 Å². The quantitative estimate of drug-likeness (QED) is 0.174. The first-order valence-electron chi connectivity index (χ1n) is 16.4. The van der Waals surface area contributed by atoms with Crippen LogP contribution in [0.5, 0.6) is 0 Å². The van der Waals surface area contributed by atoms with E-state index in [-0.39, 0.29) is 0 Å². The van der Waals surface area contributed by atoms with E-state index in [1.54, 1.807) is 0 Å². The SMILES string of the molecule is c1ccc2c(-c3c4ccccc4c(-c4ccc5c(c4)oc4ccc6ccc7c8ccccc8sc7c6c45)c4ccccc34)cccc2c1. The van der Waals surface area contributed by atoms with Gasteiger partial charge in [0.25, 0.3) is 0 Å². The molecule has 9 aromatic carbocycles. The number of benzene rings is 9. The molecule has 0 amide bonds. The lowest BCUT2D eigenvalue weighted by molar-refractivity contribution is 0.669. The van der Waals surface area contributed by atoms with Gasteiger partial charge in [-0.25, -0.2) is 0 Å². The summed E-state index contributed by atoms with van der Waals surface area (Å²) in [5.41, 5.74) is 6.80. The van der Waals surface area contributed by atoms with Gasteiger partial charge in [0.2, 0.25) is 0 Å². The number of hydrogen-bond acceptors (Lipinski definition) is 2. The Morgan fingerprint density at radius 2 is 1.00 bits per heavy atom. The molecule has 0 fully saturated rings. The summed E-state index contributed by atoms with van der Waals surface area (Å²) in [6.45, 7) is 0. The number of hydrogen-bond donors (Lipinski definition) is 0. The first kappa shape index (κ1) is 26.1. The van der Waals surface area contributed by atoms with E-state index in [1.165, 1.54) is 85.3 Å². The van der Waals surface area contributed by atoms with Gasteiger partial charge >= 0.3 is 0 Å². The highest BCUT2D eigenvalue weighted by atomic mass is 32.1. The van der Waals surface area contributed by atoms with Crippen molar-refractivity contribution in [3.63, 3.8) is 0 Å². The molecule has 2 heterocycles. The van der Waals surface area contributed by atoms with Gasteiger partial charge in [0, 0.05) is 36.3 Å². The third-order valence-electron chi connectivity index (χ3n) is 10.2. The minimum atomic E-state index is 0.916. The molecule has 222 valence electrons. The second kappa shape index (κ2) is 9.78. The molecule has 0 aliphatic rings. The molecule has 0 saturated heterocycles. The van der Waals surface area contributed by atoms with Crippen molar-refractivity contribution in [1.29, 1.82) is 0 Å². The van der Waals surface area contributed by atoms with Crippen LogP contribution >= 0.6 is 11.3 Å². The summed E-state index contributed by atoms with van der Waals surface area (Å²) >= 11 is 1.88. The van der Waals surface area contributed by atoms with E-state index in [2.05, 4.69) is 158 Å². The van der Waals surface area contributed by atoms with Crippen LogP contribution in [0.3, 0.4) is 0 Å². The summed E-state index contributed by atoms with van der Waals surface area (Å²) in [5, 5.41) is 15.0. The standard InChI is InChI=1S/C46H26OS/c1-2-12-30-27(10-1)11-9-18-32(30)44-35-16-5-3-14-33(35)42(34-15-4-6-17-36(34)44)29-21-24-38-40(26-29)47-39-25-22-28-20-23-37-31-13-7-8-19-41(31)48-46(37)43(28)45(38)39/h1-26H. The highest BCUT2D eigenvalue weighted by molar-refractivity contribution is 7.26. The zero-order valence-electron chi connectivity index (χ0n) is 25.8. The third kappa shape index (κ3) is 3.55. The minimum Gasteiger partial charge on any atom is -0.456 e. The molecule has 0 saturated carbocycles. The molecule has 0 N–H and O–H groups in total. The zero-order valence-corrected chi connectivity index (χ0v) is 26.6. The zero-order chi connectivity index (χ0) is 31.3. The van der Waals surface area contributed by atoms with Crippen LogP contribution in [0.25, 0.3) is 107 Å². The molecule has 2 aromatic heterocycles. The average molecular weight is 627 g/mol. The number of fused-ring (bicyclic) bond motifs is 12. The van der Waals surface area contributed by atoms with Crippen molar-refractivity contribution in [3.05, 3.63) is 158 Å². The summed E-state index contributed by atoms with van der Waals surface area (Å²) in [6, 6.07) is 57.6. The van der Waals surface area contributed by atoms with Gasteiger partial charge in [-0.2, -0.15) is 0 Å². The maximum Gasteiger partial charge on any atom is 0.136 e. The predicted octanol–water partition coefficient (Wildman–Crippen LogP) is 13.9. The van der Waals surface area contributed by atoms with Gasteiger partial charge in [0.15, 0.2) is 0 Å². The van der Waals surface area contributed by atoms with Gasteiger partial charge in [-0.05, 0) is 84.2 Å². The van der Waals surface area contributed by atoms with Crippen molar-refractivity contribution in [3.8, 4) is 22.3 Å². The second-order valence-electron chi connectivity index (χ2n) is 12.8. The van der Waals surface area contributed by atoms with Gasteiger partial charge in [-0.1, -0.05) is 133 Å². The summed E-state index contributed by atoms with van der Waals surface area (Å²) in [7, 11) is 0. The fourth-order valence-corrected chi connectivity index (χ4v) is 9.45. The Hall–Kier alpha value is -5.96. The normalized spacial score (nSPS) is 12.2.